The highest BCUT2D eigenvalue weighted by Gasteiger charge is 2.27. The summed E-state index contributed by atoms with van der Waals surface area (Å²) in [5.74, 6) is -1.06. The molecule has 18 heavy (non-hydrogen) atoms. The summed E-state index contributed by atoms with van der Waals surface area (Å²) in [5.41, 5.74) is 0.101. The predicted molar refractivity (Wildman–Crippen MR) is 67.0 cm³/mol. The van der Waals surface area contributed by atoms with Crippen LogP contribution in [0.5, 0.6) is 0 Å². The number of amides is 1. The molecule has 98 valence electrons. The highest BCUT2D eigenvalue weighted by Crippen LogP contribution is 2.13. The van der Waals surface area contributed by atoms with E-state index in [1.165, 1.54) is 0 Å². The molecule has 0 aliphatic carbocycles. The van der Waals surface area contributed by atoms with E-state index in [0.717, 1.165) is 5.56 Å². The Hall–Kier alpha value is -1.91. The molecule has 5 heteroatoms. The molecule has 0 aliphatic heterocycles. The van der Waals surface area contributed by atoms with Gasteiger partial charge < -0.3 is 10.4 Å². The minimum Gasteiger partial charge on any atom is -0.481 e. The van der Waals surface area contributed by atoms with Gasteiger partial charge in [-0.3, -0.25) is 14.6 Å². The Morgan fingerprint density at radius 3 is 2.50 bits per heavy atom. The number of pyridine rings is 1. The van der Waals surface area contributed by atoms with Crippen molar-refractivity contribution in [2.75, 3.05) is 6.54 Å². The first-order valence-corrected chi connectivity index (χ1v) is 5.81. The molecule has 0 atom stereocenters. The van der Waals surface area contributed by atoms with Gasteiger partial charge in [-0.15, -0.1) is 0 Å². The fourth-order valence-electron chi connectivity index (χ4n) is 1.29. The van der Waals surface area contributed by atoms with Crippen LogP contribution in [-0.2, 0) is 16.0 Å². The molecule has 0 spiro atoms. The van der Waals surface area contributed by atoms with Gasteiger partial charge in [0.1, 0.15) is 0 Å². The fraction of sp³-hybridized carbons (Fsp3) is 0.462. The van der Waals surface area contributed by atoms with Crippen LogP contribution in [0.2, 0.25) is 0 Å². The molecule has 1 heterocycles. The Morgan fingerprint density at radius 1 is 1.33 bits per heavy atom. The molecule has 0 unspecified atom stereocenters. The Morgan fingerprint density at radius 2 is 1.94 bits per heavy atom. The molecule has 1 amide bonds. The van der Waals surface area contributed by atoms with Crippen LogP contribution >= 0.6 is 0 Å². The van der Waals surface area contributed by atoms with Crippen LogP contribution in [0.15, 0.2) is 24.5 Å². The van der Waals surface area contributed by atoms with Gasteiger partial charge in [-0.25, -0.2) is 0 Å². The van der Waals surface area contributed by atoms with Crippen LogP contribution in [0.4, 0.5) is 0 Å². The van der Waals surface area contributed by atoms with E-state index in [0.29, 0.717) is 12.8 Å². The number of rotatable bonds is 6. The number of carbonyl (C=O) groups is 2. The molecule has 1 rings (SSSR count). The number of aromatic nitrogens is 1. The van der Waals surface area contributed by atoms with E-state index in [4.69, 9.17) is 5.11 Å². The van der Waals surface area contributed by atoms with Crippen molar-refractivity contribution in [1.82, 2.24) is 10.3 Å². The van der Waals surface area contributed by atoms with E-state index in [-0.39, 0.29) is 12.5 Å². The summed E-state index contributed by atoms with van der Waals surface area (Å²) in [6.07, 6.45) is 4.34. The first-order valence-electron chi connectivity index (χ1n) is 5.81. The summed E-state index contributed by atoms with van der Waals surface area (Å²) in [4.78, 5) is 26.3. The SMILES string of the molecule is CC(C)(CNC(=O)CCc1ccncc1)C(=O)O. The number of carbonyl (C=O) groups excluding carboxylic acids is 1. The lowest BCUT2D eigenvalue weighted by Crippen LogP contribution is -2.38. The lowest BCUT2D eigenvalue weighted by Gasteiger charge is -2.19. The molecule has 1 aromatic rings. The van der Waals surface area contributed by atoms with Crippen molar-refractivity contribution in [2.45, 2.75) is 26.7 Å². The fourth-order valence-corrected chi connectivity index (χ4v) is 1.29. The van der Waals surface area contributed by atoms with Crippen LogP contribution in [-0.4, -0.2) is 28.5 Å². The second kappa shape index (κ2) is 6.14. The van der Waals surface area contributed by atoms with Crippen LogP contribution < -0.4 is 5.32 Å². The summed E-state index contributed by atoms with van der Waals surface area (Å²) in [6, 6.07) is 3.71. The lowest BCUT2D eigenvalue weighted by atomic mass is 9.94. The highest BCUT2D eigenvalue weighted by molar-refractivity contribution is 5.78. The van der Waals surface area contributed by atoms with Gasteiger partial charge in [-0.1, -0.05) is 0 Å². The van der Waals surface area contributed by atoms with Gasteiger partial charge in [-0.05, 0) is 38.0 Å². The van der Waals surface area contributed by atoms with E-state index < -0.39 is 11.4 Å². The van der Waals surface area contributed by atoms with Crippen LogP contribution in [0.1, 0.15) is 25.8 Å². The largest absolute Gasteiger partial charge is 0.481 e. The van der Waals surface area contributed by atoms with Crippen molar-refractivity contribution in [3.05, 3.63) is 30.1 Å². The maximum absolute atomic E-state index is 11.6. The average Bonchev–Trinajstić information content (AvgIpc) is 2.35. The van der Waals surface area contributed by atoms with Crippen molar-refractivity contribution in [2.24, 2.45) is 5.41 Å². The zero-order valence-electron chi connectivity index (χ0n) is 10.6. The number of hydrogen-bond donors (Lipinski definition) is 2. The third-order valence-electron chi connectivity index (χ3n) is 2.70. The summed E-state index contributed by atoms with van der Waals surface area (Å²) >= 11 is 0. The molecule has 0 bridgehead atoms. The van der Waals surface area contributed by atoms with E-state index >= 15 is 0 Å². The summed E-state index contributed by atoms with van der Waals surface area (Å²) in [5, 5.41) is 11.5. The number of aliphatic carboxylic acids is 1. The molecule has 0 saturated heterocycles. The van der Waals surface area contributed by atoms with Crippen molar-refractivity contribution in [3.8, 4) is 0 Å². The number of hydrogen-bond acceptors (Lipinski definition) is 3. The standard InChI is InChI=1S/C13H18N2O3/c1-13(2,12(17)18)9-15-11(16)4-3-10-5-7-14-8-6-10/h5-8H,3-4,9H2,1-2H3,(H,15,16)(H,17,18). The molecule has 0 aromatic carbocycles. The Labute approximate surface area is 106 Å². The number of aryl methyl sites for hydroxylation is 1. The van der Waals surface area contributed by atoms with E-state index in [1.54, 1.807) is 26.2 Å². The van der Waals surface area contributed by atoms with E-state index in [2.05, 4.69) is 10.3 Å². The molecule has 1 aromatic heterocycles. The smallest absolute Gasteiger partial charge is 0.310 e. The third kappa shape index (κ3) is 4.53. The molecule has 5 nitrogen and oxygen atoms in total. The monoisotopic (exact) mass is 250 g/mol. The predicted octanol–water partition coefficient (Wildman–Crippen LogP) is 1.24. The molecule has 0 saturated carbocycles. The molecule has 0 aliphatic rings. The Balaban J connectivity index is 2.33. The van der Waals surface area contributed by atoms with Crippen LogP contribution in [0, 0.1) is 5.41 Å². The topological polar surface area (TPSA) is 79.3 Å². The number of nitrogens with one attached hydrogen (secondary N) is 1. The van der Waals surface area contributed by atoms with E-state index in [9.17, 15) is 9.59 Å². The lowest BCUT2D eigenvalue weighted by molar-refractivity contribution is -0.146. The zero-order chi connectivity index (χ0) is 13.6. The molecule has 0 fully saturated rings. The maximum Gasteiger partial charge on any atom is 0.310 e. The summed E-state index contributed by atoms with van der Waals surface area (Å²) < 4.78 is 0. The second-order valence-corrected chi connectivity index (χ2v) is 4.82. The number of nitrogens with zero attached hydrogens (tertiary/aromatic N) is 1. The average molecular weight is 250 g/mol. The van der Waals surface area contributed by atoms with Crippen molar-refractivity contribution < 1.29 is 14.7 Å². The van der Waals surface area contributed by atoms with Crippen LogP contribution in [0.25, 0.3) is 0 Å². The number of carboxylic acids is 1. The molecule has 2 N–H and O–H groups in total. The van der Waals surface area contributed by atoms with Gasteiger partial charge in [-0.2, -0.15) is 0 Å². The molecular formula is C13H18N2O3. The maximum atomic E-state index is 11.6. The third-order valence-corrected chi connectivity index (χ3v) is 2.70. The minimum absolute atomic E-state index is 0.136. The van der Waals surface area contributed by atoms with Crippen molar-refractivity contribution >= 4 is 11.9 Å². The van der Waals surface area contributed by atoms with Gasteiger partial charge in [0.2, 0.25) is 5.91 Å². The second-order valence-electron chi connectivity index (χ2n) is 4.82. The Kier molecular flexibility index (Phi) is 4.83. The molecule has 0 radical (unpaired) electrons. The first-order chi connectivity index (χ1) is 8.42. The molecular weight excluding hydrogens is 232 g/mol. The van der Waals surface area contributed by atoms with Crippen molar-refractivity contribution in [1.29, 1.82) is 0 Å². The normalized spacial score (nSPS) is 11.0. The quantitative estimate of drug-likeness (QED) is 0.796. The first kappa shape index (κ1) is 14.2. The zero-order valence-corrected chi connectivity index (χ0v) is 10.6. The van der Waals surface area contributed by atoms with Gasteiger partial charge >= 0.3 is 5.97 Å². The Bertz CT molecular complexity index is 416. The van der Waals surface area contributed by atoms with Crippen molar-refractivity contribution in [3.63, 3.8) is 0 Å². The van der Waals surface area contributed by atoms with Gasteiger partial charge in [0.25, 0.3) is 0 Å². The van der Waals surface area contributed by atoms with Gasteiger partial charge in [0, 0.05) is 25.4 Å². The number of carboxylic acid groups (broad SMARTS) is 1. The van der Waals surface area contributed by atoms with Crippen LogP contribution in [0.3, 0.4) is 0 Å². The minimum atomic E-state index is -0.938. The van der Waals surface area contributed by atoms with Gasteiger partial charge in [0.15, 0.2) is 0 Å². The van der Waals surface area contributed by atoms with Gasteiger partial charge in [0.05, 0.1) is 5.41 Å². The van der Waals surface area contributed by atoms with E-state index in [1.807, 2.05) is 12.1 Å². The summed E-state index contributed by atoms with van der Waals surface area (Å²) in [6.45, 7) is 3.30. The summed E-state index contributed by atoms with van der Waals surface area (Å²) in [7, 11) is 0. The highest BCUT2D eigenvalue weighted by atomic mass is 16.4.